The summed E-state index contributed by atoms with van der Waals surface area (Å²) in [5, 5.41) is 0. The molecule has 33 heavy (non-hydrogen) atoms. The number of amides is 2. The van der Waals surface area contributed by atoms with Crippen LogP contribution >= 0.6 is 0 Å². The molecule has 0 spiro atoms. The van der Waals surface area contributed by atoms with Crippen molar-refractivity contribution in [2.24, 2.45) is 0 Å². The Bertz CT molecular complexity index is 1000. The summed E-state index contributed by atoms with van der Waals surface area (Å²) in [6.07, 6.45) is 4.05. The maximum Gasteiger partial charge on any atom is 0.277 e. The lowest BCUT2D eigenvalue weighted by Crippen LogP contribution is -2.48. The van der Waals surface area contributed by atoms with E-state index in [1.54, 1.807) is 37.7 Å². The van der Waals surface area contributed by atoms with Crippen molar-refractivity contribution in [3.63, 3.8) is 0 Å². The first kappa shape index (κ1) is 22.7. The molecule has 9 heteroatoms. The second-order valence-corrected chi connectivity index (χ2v) is 7.79. The van der Waals surface area contributed by atoms with Crippen molar-refractivity contribution in [2.75, 3.05) is 57.9 Å². The minimum atomic E-state index is -0.259. The van der Waals surface area contributed by atoms with Crippen molar-refractivity contribution in [1.82, 2.24) is 19.8 Å². The number of benzene rings is 1. The van der Waals surface area contributed by atoms with Gasteiger partial charge in [-0.25, -0.2) is 9.97 Å². The van der Waals surface area contributed by atoms with E-state index < -0.39 is 0 Å². The Morgan fingerprint density at radius 2 is 1.61 bits per heavy atom. The SMILES string of the molecule is CCOCCCN1C(=O)C(c2ccc(OC)cc2)=C(N2CCN(c3ncccn3)CC2)C1=O. The highest BCUT2D eigenvalue weighted by Gasteiger charge is 2.42. The average molecular weight is 452 g/mol. The number of anilines is 1. The number of methoxy groups -OCH3 is 1. The molecule has 2 aliphatic heterocycles. The van der Waals surface area contributed by atoms with Crippen LogP contribution in [0.2, 0.25) is 0 Å². The Kier molecular flexibility index (Phi) is 7.19. The second-order valence-electron chi connectivity index (χ2n) is 7.79. The van der Waals surface area contributed by atoms with E-state index >= 15 is 0 Å². The first-order valence-corrected chi connectivity index (χ1v) is 11.2. The molecule has 2 amide bonds. The van der Waals surface area contributed by atoms with Gasteiger partial charge < -0.3 is 19.3 Å². The summed E-state index contributed by atoms with van der Waals surface area (Å²) in [4.78, 5) is 40.9. The van der Waals surface area contributed by atoms with Gasteiger partial charge in [-0.05, 0) is 37.1 Å². The first-order valence-electron chi connectivity index (χ1n) is 11.2. The van der Waals surface area contributed by atoms with Crippen molar-refractivity contribution in [3.8, 4) is 5.75 Å². The van der Waals surface area contributed by atoms with Crippen LogP contribution in [0.4, 0.5) is 5.95 Å². The molecule has 4 rings (SSSR count). The van der Waals surface area contributed by atoms with Crippen LogP contribution in [0.25, 0.3) is 5.57 Å². The Hall–Kier alpha value is -3.46. The molecule has 3 heterocycles. The van der Waals surface area contributed by atoms with Crippen LogP contribution in [-0.4, -0.2) is 84.6 Å². The molecule has 1 saturated heterocycles. The molecule has 1 aromatic heterocycles. The lowest BCUT2D eigenvalue weighted by atomic mass is 10.0. The van der Waals surface area contributed by atoms with E-state index in [1.165, 1.54) is 4.90 Å². The normalized spacial score (nSPS) is 16.7. The summed E-state index contributed by atoms with van der Waals surface area (Å²) in [5.41, 5.74) is 1.63. The predicted octanol–water partition coefficient (Wildman–Crippen LogP) is 1.81. The number of ether oxygens (including phenoxy) is 2. The van der Waals surface area contributed by atoms with Crippen LogP contribution in [-0.2, 0) is 14.3 Å². The van der Waals surface area contributed by atoms with E-state index in [-0.39, 0.29) is 11.8 Å². The van der Waals surface area contributed by atoms with E-state index in [1.807, 2.05) is 24.0 Å². The molecule has 0 N–H and O–H groups in total. The number of aromatic nitrogens is 2. The number of imide groups is 1. The van der Waals surface area contributed by atoms with Crippen molar-refractivity contribution in [2.45, 2.75) is 13.3 Å². The minimum Gasteiger partial charge on any atom is -0.497 e. The van der Waals surface area contributed by atoms with Crippen molar-refractivity contribution < 1.29 is 19.1 Å². The number of rotatable bonds is 9. The standard InChI is InChI=1S/C24H29N5O4/c1-3-33-17-5-12-29-22(30)20(18-6-8-19(32-2)9-7-18)21(23(29)31)27-13-15-28(16-14-27)24-25-10-4-11-26-24/h4,6-11H,3,5,12-17H2,1-2H3. The van der Waals surface area contributed by atoms with Gasteiger partial charge in [0.2, 0.25) is 5.95 Å². The molecule has 0 saturated carbocycles. The van der Waals surface area contributed by atoms with Gasteiger partial charge in [-0.15, -0.1) is 0 Å². The third-order valence-electron chi connectivity index (χ3n) is 5.83. The van der Waals surface area contributed by atoms with Crippen LogP contribution < -0.4 is 9.64 Å². The highest BCUT2D eigenvalue weighted by atomic mass is 16.5. The molecule has 2 aliphatic rings. The molecule has 2 aromatic rings. The zero-order valence-corrected chi connectivity index (χ0v) is 19.1. The van der Waals surface area contributed by atoms with Gasteiger partial charge in [0.1, 0.15) is 11.4 Å². The van der Waals surface area contributed by atoms with Gasteiger partial charge in [-0.3, -0.25) is 14.5 Å². The molecular formula is C24H29N5O4. The molecule has 0 radical (unpaired) electrons. The number of hydrogen-bond acceptors (Lipinski definition) is 8. The van der Waals surface area contributed by atoms with Crippen LogP contribution in [0.1, 0.15) is 18.9 Å². The van der Waals surface area contributed by atoms with Crippen molar-refractivity contribution in [1.29, 1.82) is 0 Å². The fourth-order valence-electron chi connectivity index (χ4n) is 4.13. The number of carbonyl (C=O) groups excluding carboxylic acids is 2. The summed E-state index contributed by atoms with van der Waals surface area (Å²) in [6.45, 7) is 5.89. The number of hydrogen-bond donors (Lipinski definition) is 0. The first-order chi connectivity index (χ1) is 16.1. The van der Waals surface area contributed by atoms with Gasteiger partial charge in [0.25, 0.3) is 11.8 Å². The quantitative estimate of drug-likeness (QED) is 0.421. The predicted molar refractivity (Wildman–Crippen MR) is 124 cm³/mol. The fraction of sp³-hybridized carbons (Fsp3) is 0.417. The lowest BCUT2D eigenvalue weighted by Gasteiger charge is -2.36. The summed E-state index contributed by atoms with van der Waals surface area (Å²) < 4.78 is 10.6. The Labute approximate surface area is 193 Å². The summed E-state index contributed by atoms with van der Waals surface area (Å²) in [5.74, 6) is 0.868. The maximum atomic E-state index is 13.4. The van der Waals surface area contributed by atoms with Gasteiger partial charge in [-0.2, -0.15) is 0 Å². The molecule has 174 valence electrons. The molecule has 1 aromatic carbocycles. The van der Waals surface area contributed by atoms with E-state index in [4.69, 9.17) is 9.47 Å². The van der Waals surface area contributed by atoms with Gasteiger partial charge in [0.05, 0.1) is 12.7 Å². The Morgan fingerprint density at radius 3 is 2.24 bits per heavy atom. The smallest absolute Gasteiger partial charge is 0.277 e. The minimum absolute atomic E-state index is 0.244. The highest BCUT2D eigenvalue weighted by molar-refractivity contribution is 6.35. The molecule has 0 bridgehead atoms. The topological polar surface area (TPSA) is 88.1 Å². The van der Waals surface area contributed by atoms with E-state index in [9.17, 15) is 9.59 Å². The van der Waals surface area contributed by atoms with E-state index in [0.717, 1.165) is 0 Å². The van der Waals surface area contributed by atoms with Gasteiger partial charge in [-0.1, -0.05) is 12.1 Å². The van der Waals surface area contributed by atoms with Gasteiger partial charge >= 0.3 is 0 Å². The third-order valence-corrected chi connectivity index (χ3v) is 5.83. The average Bonchev–Trinajstić information content (AvgIpc) is 3.12. The van der Waals surface area contributed by atoms with Crippen molar-refractivity contribution in [3.05, 3.63) is 54.0 Å². The molecule has 0 atom stereocenters. The monoisotopic (exact) mass is 451 g/mol. The van der Waals surface area contributed by atoms with Gasteiger partial charge in [0.15, 0.2) is 0 Å². The van der Waals surface area contributed by atoms with Crippen LogP contribution in [0.5, 0.6) is 5.75 Å². The van der Waals surface area contributed by atoms with Crippen LogP contribution in [0, 0.1) is 0 Å². The lowest BCUT2D eigenvalue weighted by molar-refractivity contribution is -0.137. The number of carbonyl (C=O) groups is 2. The second kappa shape index (κ2) is 10.4. The maximum absolute atomic E-state index is 13.4. The largest absolute Gasteiger partial charge is 0.497 e. The summed E-state index contributed by atoms with van der Waals surface area (Å²) in [7, 11) is 1.60. The molecule has 0 aliphatic carbocycles. The highest BCUT2D eigenvalue weighted by Crippen LogP contribution is 2.33. The van der Waals surface area contributed by atoms with E-state index in [0.29, 0.717) is 80.9 Å². The summed E-state index contributed by atoms with van der Waals surface area (Å²) in [6, 6.07) is 9.06. The summed E-state index contributed by atoms with van der Waals surface area (Å²) >= 11 is 0. The Morgan fingerprint density at radius 1 is 0.939 bits per heavy atom. The van der Waals surface area contributed by atoms with Crippen LogP contribution in [0.15, 0.2) is 48.4 Å². The van der Waals surface area contributed by atoms with Gasteiger partial charge in [0, 0.05) is 58.3 Å². The van der Waals surface area contributed by atoms with Crippen LogP contribution in [0.3, 0.4) is 0 Å². The fourth-order valence-corrected chi connectivity index (χ4v) is 4.13. The zero-order chi connectivity index (χ0) is 23.2. The molecular weight excluding hydrogens is 422 g/mol. The number of nitrogens with zero attached hydrogens (tertiary/aromatic N) is 5. The zero-order valence-electron chi connectivity index (χ0n) is 19.1. The molecule has 0 unspecified atom stereocenters. The molecule has 9 nitrogen and oxygen atoms in total. The van der Waals surface area contributed by atoms with E-state index in [2.05, 4.69) is 14.9 Å². The van der Waals surface area contributed by atoms with Crippen molar-refractivity contribution >= 4 is 23.3 Å². The number of piperazine rings is 1. The molecule has 1 fully saturated rings. The third kappa shape index (κ3) is 4.83. The Balaban J connectivity index is 1.58.